The van der Waals surface area contributed by atoms with E-state index in [1.54, 1.807) is 0 Å². The Morgan fingerprint density at radius 1 is 0.947 bits per heavy atom. The van der Waals surface area contributed by atoms with Crippen molar-refractivity contribution in [2.45, 2.75) is 57.8 Å². The highest BCUT2D eigenvalue weighted by Crippen LogP contribution is 2.46. The van der Waals surface area contributed by atoms with Gasteiger partial charge in [-0.2, -0.15) is 0 Å². The maximum atomic E-state index is 11.4. The molecule has 2 aliphatic rings. The normalized spacial score (nSPS) is 30.1. The predicted molar refractivity (Wildman–Crippen MR) is 70.8 cm³/mol. The Balaban J connectivity index is 2.06. The molecular formula is C15H24O4. The smallest absolute Gasteiger partial charge is 0.307 e. The molecule has 2 fully saturated rings. The molecule has 0 bridgehead atoms. The number of aliphatic carboxylic acids is 2. The topological polar surface area (TPSA) is 74.6 Å². The fourth-order valence-corrected chi connectivity index (χ4v) is 4.27. The van der Waals surface area contributed by atoms with Crippen molar-refractivity contribution in [1.82, 2.24) is 0 Å². The highest BCUT2D eigenvalue weighted by Gasteiger charge is 2.41. The second-order valence-corrected chi connectivity index (χ2v) is 6.20. The maximum Gasteiger partial charge on any atom is 0.307 e. The third kappa shape index (κ3) is 3.48. The Morgan fingerprint density at radius 3 is 2.21 bits per heavy atom. The monoisotopic (exact) mass is 268 g/mol. The first kappa shape index (κ1) is 14.4. The first-order chi connectivity index (χ1) is 9.09. The van der Waals surface area contributed by atoms with Gasteiger partial charge in [-0.05, 0) is 30.6 Å². The van der Waals surface area contributed by atoms with Crippen LogP contribution in [0.5, 0.6) is 0 Å². The third-order valence-corrected chi connectivity index (χ3v) is 5.11. The van der Waals surface area contributed by atoms with Crippen molar-refractivity contribution in [2.75, 3.05) is 0 Å². The second-order valence-electron chi connectivity index (χ2n) is 6.20. The minimum atomic E-state index is -0.985. The van der Waals surface area contributed by atoms with Crippen molar-refractivity contribution in [1.29, 1.82) is 0 Å². The molecule has 2 rings (SSSR count). The molecule has 0 aromatic rings. The van der Waals surface area contributed by atoms with Gasteiger partial charge in [-0.1, -0.05) is 38.5 Å². The summed E-state index contributed by atoms with van der Waals surface area (Å²) < 4.78 is 0. The summed E-state index contributed by atoms with van der Waals surface area (Å²) >= 11 is 0. The van der Waals surface area contributed by atoms with E-state index in [1.165, 1.54) is 32.1 Å². The molecule has 2 N–H and O–H groups in total. The van der Waals surface area contributed by atoms with E-state index in [4.69, 9.17) is 5.11 Å². The highest BCUT2D eigenvalue weighted by atomic mass is 16.4. The van der Waals surface area contributed by atoms with Gasteiger partial charge in [0.15, 0.2) is 0 Å². The van der Waals surface area contributed by atoms with Crippen LogP contribution in [0, 0.1) is 23.7 Å². The Labute approximate surface area is 114 Å². The lowest BCUT2D eigenvalue weighted by Crippen LogP contribution is -2.32. The van der Waals surface area contributed by atoms with Gasteiger partial charge >= 0.3 is 11.9 Å². The molecule has 4 nitrogen and oxygen atoms in total. The number of carbonyl (C=O) groups is 2. The number of carboxylic acid groups (broad SMARTS) is 2. The summed E-state index contributed by atoms with van der Waals surface area (Å²) in [6, 6.07) is 0. The Bertz CT molecular complexity index is 333. The van der Waals surface area contributed by atoms with Crippen LogP contribution in [-0.4, -0.2) is 22.2 Å². The van der Waals surface area contributed by atoms with Crippen molar-refractivity contribution in [3.63, 3.8) is 0 Å². The SMILES string of the molecule is O=C(O)CC(C(=O)O)C1CCCC1C1CCCCC1. The van der Waals surface area contributed by atoms with E-state index in [2.05, 4.69) is 0 Å². The molecule has 0 aliphatic heterocycles. The van der Waals surface area contributed by atoms with E-state index in [0.717, 1.165) is 19.3 Å². The number of carboxylic acids is 2. The van der Waals surface area contributed by atoms with Gasteiger partial charge in [0.05, 0.1) is 12.3 Å². The van der Waals surface area contributed by atoms with Crippen molar-refractivity contribution in [3.8, 4) is 0 Å². The van der Waals surface area contributed by atoms with Crippen LogP contribution in [0.25, 0.3) is 0 Å². The van der Waals surface area contributed by atoms with Crippen molar-refractivity contribution in [3.05, 3.63) is 0 Å². The molecule has 0 saturated heterocycles. The van der Waals surface area contributed by atoms with Gasteiger partial charge in [0.1, 0.15) is 0 Å². The third-order valence-electron chi connectivity index (χ3n) is 5.11. The first-order valence-electron chi connectivity index (χ1n) is 7.54. The maximum absolute atomic E-state index is 11.4. The van der Waals surface area contributed by atoms with Crippen molar-refractivity contribution in [2.24, 2.45) is 23.7 Å². The standard InChI is InChI=1S/C15H24O4/c16-14(17)9-13(15(18)19)12-8-4-7-11(12)10-5-2-1-3-6-10/h10-13H,1-9H2,(H,16,17)(H,18,19). The highest BCUT2D eigenvalue weighted by molar-refractivity contribution is 5.78. The van der Waals surface area contributed by atoms with Crippen LogP contribution >= 0.6 is 0 Å². The molecule has 4 heteroatoms. The summed E-state index contributed by atoms with van der Waals surface area (Å²) in [6.45, 7) is 0. The van der Waals surface area contributed by atoms with Crippen LogP contribution in [0.1, 0.15) is 57.8 Å². The minimum absolute atomic E-state index is 0.0803. The van der Waals surface area contributed by atoms with E-state index in [0.29, 0.717) is 11.8 Å². The number of hydrogen-bond acceptors (Lipinski definition) is 2. The van der Waals surface area contributed by atoms with Gasteiger partial charge in [-0.3, -0.25) is 9.59 Å². The molecule has 2 aliphatic carbocycles. The van der Waals surface area contributed by atoms with Crippen molar-refractivity contribution >= 4 is 11.9 Å². The molecule has 0 aromatic carbocycles. The van der Waals surface area contributed by atoms with Gasteiger partial charge in [0.2, 0.25) is 0 Å². The minimum Gasteiger partial charge on any atom is -0.481 e. The van der Waals surface area contributed by atoms with Crippen LogP contribution < -0.4 is 0 Å². The molecule has 3 unspecified atom stereocenters. The Kier molecular flexibility index (Phi) is 4.83. The lowest BCUT2D eigenvalue weighted by molar-refractivity contribution is -0.151. The van der Waals surface area contributed by atoms with Gasteiger partial charge in [0.25, 0.3) is 0 Å². The molecule has 0 spiro atoms. The zero-order valence-corrected chi connectivity index (χ0v) is 11.4. The lowest BCUT2D eigenvalue weighted by atomic mass is 9.71. The number of rotatable bonds is 5. The molecule has 0 aromatic heterocycles. The largest absolute Gasteiger partial charge is 0.481 e. The zero-order chi connectivity index (χ0) is 13.8. The molecule has 19 heavy (non-hydrogen) atoms. The van der Waals surface area contributed by atoms with E-state index < -0.39 is 17.9 Å². The quantitative estimate of drug-likeness (QED) is 0.803. The van der Waals surface area contributed by atoms with Crippen LogP contribution in [0.2, 0.25) is 0 Å². The first-order valence-corrected chi connectivity index (χ1v) is 7.54. The van der Waals surface area contributed by atoms with Crippen LogP contribution in [0.15, 0.2) is 0 Å². The molecule has 0 heterocycles. The average molecular weight is 268 g/mol. The van der Waals surface area contributed by atoms with E-state index >= 15 is 0 Å². The lowest BCUT2D eigenvalue weighted by Gasteiger charge is -2.33. The molecule has 0 amide bonds. The summed E-state index contributed by atoms with van der Waals surface area (Å²) in [5, 5.41) is 18.3. The number of hydrogen-bond donors (Lipinski definition) is 2. The molecule has 0 radical (unpaired) electrons. The molecule has 3 atom stereocenters. The van der Waals surface area contributed by atoms with Crippen LogP contribution in [0.4, 0.5) is 0 Å². The predicted octanol–water partition coefficient (Wildman–Crippen LogP) is 3.16. The van der Waals surface area contributed by atoms with Gasteiger partial charge in [0, 0.05) is 0 Å². The summed E-state index contributed by atoms with van der Waals surface area (Å²) in [5.74, 6) is -1.43. The Hall–Kier alpha value is -1.06. The second kappa shape index (κ2) is 6.40. The summed E-state index contributed by atoms with van der Waals surface area (Å²) in [4.78, 5) is 22.3. The van der Waals surface area contributed by atoms with E-state index in [1.807, 2.05) is 0 Å². The van der Waals surface area contributed by atoms with E-state index in [9.17, 15) is 14.7 Å². The van der Waals surface area contributed by atoms with Gasteiger partial charge < -0.3 is 10.2 Å². The fraction of sp³-hybridized carbons (Fsp3) is 0.867. The Morgan fingerprint density at radius 2 is 1.63 bits per heavy atom. The molecule has 2 saturated carbocycles. The van der Waals surface area contributed by atoms with Gasteiger partial charge in [-0.25, -0.2) is 0 Å². The zero-order valence-electron chi connectivity index (χ0n) is 11.4. The van der Waals surface area contributed by atoms with Crippen LogP contribution in [-0.2, 0) is 9.59 Å². The van der Waals surface area contributed by atoms with Crippen molar-refractivity contribution < 1.29 is 19.8 Å². The molecular weight excluding hydrogens is 244 g/mol. The summed E-state index contributed by atoms with van der Waals surface area (Å²) in [5.41, 5.74) is 0. The van der Waals surface area contributed by atoms with Gasteiger partial charge in [-0.15, -0.1) is 0 Å². The van der Waals surface area contributed by atoms with E-state index in [-0.39, 0.29) is 12.3 Å². The summed E-state index contributed by atoms with van der Waals surface area (Å²) in [6.07, 6.45) is 9.06. The van der Waals surface area contributed by atoms with Crippen LogP contribution in [0.3, 0.4) is 0 Å². The fourth-order valence-electron chi connectivity index (χ4n) is 4.27. The average Bonchev–Trinajstić information content (AvgIpc) is 2.85. The summed E-state index contributed by atoms with van der Waals surface area (Å²) in [7, 11) is 0. The molecule has 108 valence electrons.